The Balaban J connectivity index is 1.89. The number of carbonyl (C=O) groups is 2. The minimum absolute atomic E-state index is 0.0400. The molecule has 7 nitrogen and oxygen atoms in total. The third kappa shape index (κ3) is 5.17. The molecule has 0 spiro atoms. The van der Waals surface area contributed by atoms with E-state index in [1.165, 1.54) is 20.3 Å². The molecular weight excluding hydrogens is 410 g/mol. The number of nitrogens with one attached hydrogen (secondary N) is 1. The van der Waals surface area contributed by atoms with Crippen molar-refractivity contribution in [2.45, 2.75) is 38.6 Å². The first-order valence-corrected chi connectivity index (χ1v) is 10.2. The normalized spacial score (nSPS) is 12.3. The zero-order valence-corrected chi connectivity index (χ0v) is 18.9. The van der Waals surface area contributed by atoms with Gasteiger partial charge in [0.1, 0.15) is 17.4 Å². The van der Waals surface area contributed by atoms with Crippen LogP contribution in [-0.2, 0) is 21.4 Å². The van der Waals surface area contributed by atoms with Gasteiger partial charge in [0, 0.05) is 29.5 Å². The molecule has 3 rings (SSSR count). The molecule has 0 aliphatic rings. The predicted octanol–water partition coefficient (Wildman–Crippen LogP) is 3.61. The van der Waals surface area contributed by atoms with Gasteiger partial charge in [-0.25, -0.2) is 9.59 Å². The standard InChI is InChI=1S/C25H27NO6/c1-25(2,3)17-8-6-15(7-9-17)23(28)26-20(24(29)31-5)12-16-13-22(27)32-21-14-18(30-4)10-11-19(16)21/h6-11,13-14,20H,12H2,1-5H3,(H,26,28)/t20-/m1/s1. The van der Waals surface area contributed by atoms with E-state index in [0.29, 0.717) is 27.8 Å². The monoisotopic (exact) mass is 437 g/mol. The highest BCUT2D eigenvalue weighted by atomic mass is 16.5. The summed E-state index contributed by atoms with van der Waals surface area (Å²) in [5.74, 6) is -0.483. The van der Waals surface area contributed by atoms with Crippen molar-refractivity contribution in [1.82, 2.24) is 5.32 Å². The molecule has 0 aliphatic carbocycles. The summed E-state index contributed by atoms with van der Waals surface area (Å²) in [6.45, 7) is 6.27. The minimum Gasteiger partial charge on any atom is -0.497 e. The van der Waals surface area contributed by atoms with Crippen LogP contribution in [0.15, 0.2) is 57.7 Å². The lowest BCUT2D eigenvalue weighted by Gasteiger charge is -2.20. The van der Waals surface area contributed by atoms with Crippen molar-refractivity contribution in [3.8, 4) is 5.75 Å². The van der Waals surface area contributed by atoms with Gasteiger partial charge in [-0.2, -0.15) is 0 Å². The van der Waals surface area contributed by atoms with Crippen LogP contribution in [-0.4, -0.2) is 32.1 Å². The van der Waals surface area contributed by atoms with Gasteiger partial charge in [0.2, 0.25) is 0 Å². The average Bonchev–Trinajstić information content (AvgIpc) is 2.76. The SMILES string of the molecule is COC(=O)[C@@H](Cc1cc(=O)oc2cc(OC)ccc12)NC(=O)c1ccc(C(C)(C)C)cc1. The maximum Gasteiger partial charge on any atom is 0.336 e. The van der Waals surface area contributed by atoms with Gasteiger partial charge in [-0.15, -0.1) is 0 Å². The van der Waals surface area contributed by atoms with E-state index in [-0.39, 0.29) is 11.8 Å². The molecule has 0 radical (unpaired) electrons. The lowest BCUT2D eigenvalue weighted by atomic mass is 9.86. The fraction of sp³-hybridized carbons (Fsp3) is 0.320. The third-order valence-electron chi connectivity index (χ3n) is 5.27. The van der Waals surface area contributed by atoms with Gasteiger partial charge in [-0.05, 0) is 40.8 Å². The van der Waals surface area contributed by atoms with E-state index < -0.39 is 23.5 Å². The van der Waals surface area contributed by atoms with Crippen molar-refractivity contribution in [2.75, 3.05) is 14.2 Å². The zero-order chi connectivity index (χ0) is 23.5. The van der Waals surface area contributed by atoms with Crippen molar-refractivity contribution in [2.24, 2.45) is 0 Å². The van der Waals surface area contributed by atoms with E-state index in [2.05, 4.69) is 26.1 Å². The quantitative estimate of drug-likeness (QED) is 0.468. The third-order valence-corrected chi connectivity index (χ3v) is 5.27. The molecule has 0 saturated heterocycles. The van der Waals surface area contributed by atoms with E-state index in [1.54, 1.807) is 30.3 Å². The van der Waals surface area contributed by atoms with Crippen molar-refractivity contribution in [3.63, 3.8) is 0 Å². The maximum absolute atomic E-state index is 12.8. The summed E-state index contributed by atoms with van der Waals surface area (Å²) >= 11 is 0. The molecule has 2 aromatic carbocycles. The second kappa shape index (κ2) is 9.26. The smallest absolute Gasteiger partial charge is 0.336 e. The Morgan fingerprint density at radius 1 is 1.03 bits per heavy atom. The molecule has 0 unspecified atom stereocenters. The summed E-state index contributed by atoms with van der Waals surface area (Å²) in [6, 6.07) is 12.6. The highest BCUT2D eigenvalue weighted by Crippen LogP contribution is 2.24. The van der Waals surface area contributed by atoms with Crippen LogP contribution in [0.4, 0.5) is 0 Å². The second-order valence-electron chi connectivity index (χ2n) is 8.53. The van der Waals surface area contributed by atoms with Crippen LogP contribution in [0, 0.1) is 0 Å². The average molecular weight is 437 g/mol. The van der Waals surface area contributed by atoms with Gasteiger partial charge in [0.05, 0.1) is 14.2 Å². The van der Waals surface area contributed by atoms with E-state index >= 15 is 0 Å². The van der Waals surface area contributed by atoms with E-state index in [9.17, 15) is 14.4 Å². The maximum atomic E-state index is 12.8. The van der Waals surface area contributed by atoms with Crippen molar-refractivity contribution in [3.05, 3.63) is 75.6 Å². The molecule has 0 bridgehead atoms. The second-order valence-corrected chi connectivity index (χ2v) is 8.53. The number of esters is 1. The molecule has 0 aliphatic heterocycles. The molecule has 3 aromatic rings. The Kier molecular flexibility index (Phi) is 6.67. The summed E-state index contributed by atoms with van der Waals surface area (Å²) in [5.41, 5.74) is 1.80. The molecule has 1 heterocycles. The van der Waals surface area contributed by atoms with E-state index in [4.69, 9.17) is 13.9 Å². The van der Waals surface area contributed by atoms with Crippen LogP contribution in [0.1, 0.15) is 42.3 Å². The van der Waals surface area contributed by atoms with Crippen LogP contribution < -0.4 is 15.7 Å². The highest BCUT2D eigenvalue weighted by Gasteiger charge is 2.24. The summed E-state index contributed by atoms with van der Waals surface area (Å²) in [5, 5.41) is 3.37. The topological polar surface area (TPSA) is 94.8 Å². The van der Waals surface area contributed by atoms with E-state index in [0.717, 1.165) is 5.56 Å². The van der Waals surface area contributed by atoms with Crippen LogP contribution in [0.3, 0.4) is 0 Å². The van der Waals surface area contributed by atoms with Gasteiger partial charge in [0.25, 0.3) is 5.91 Å². The summed E-state index contributed by atoms with van der Waals surface area (Å²) in [4.78, 5) is 37.3. The fourth-order valence-corrected chi connectivity index (χ4v) is 3.42. The molecule has 32 heavy (non-hydrogen) atoms. The first kappa shape index (κ1) is 23.1. The number of fused-ring (bicyclic) bond motifs is 1. The fourth-order valence-electron chi connectivity index (χ4n) is 3.42. The largest absolute Gasteiger partial charge is 0.497 e. The number of carbonyl (C=O) groups excluding carboxylic acids is 2. The lowest BCUT2D eigenvalue weighted by Crippen LogP contribution is -2.43. The summed E-state index contributed by atoms with van der Waals surface area (Å²) < 4.78 is 15.3. The van der Waals surface area contributed by atoms with Crippen LogP contribution in [0.25, 0.3) is 11.0 Å². The van der Waals surface area contributed by atoms with Gasteiger partial charge in [0.15, 0.2) is 0 Å². The Hall–Kier alpha value is -3.61. The molecule has 1 aromatic heterocycles. The highest BCUT2D eigenvalue weighted by molar-refractivity contribution is 5.97. The molecule has 0 saturated carbocycles. The first-order chi connectivity index (χ1) is 15.1. The number of hydrogen-bond donors (Lipinski definition) is 1. The van der Waals surface area contributed by atoms with Crippen molar-refractivity contribution >= 4 is 22.8 Å². The van der Waals surface area contributed by atoms with E-state index in [1.807, 2.05) is 12.1 Å². The number of rotatable bonds is 6. The van der Waals surface area contributed by atoms with Crippen molar-refractivity contribution in [1.29, 1.82) is 0 Å². The molecule has 1 atom stereocenters. The number of ether oxygens (including phenoxy) is 2. The molecule has 0 fully saturated rings. The van der Waals surface area contributed by atoms with Crippen LogP contribution >= 0.6 is 0 Å². The Bertz CT molecular complexity index is 1190. The Morgan fingerprint density at radius 3 is 2.31 bits per heavy atom. The van der Waals surface area contributed by atoms with Crippen LogP contribution in [0.2, 0.25) is 0 Å². The number of hydrogen-bond acceptors (Lipinski definition) is 6. The molecule has 7 heteroatoms. The Morgan fingerprint density at radius 2 is 1.72 bits per heavy atom. The molecule has 1 amide bonds. The zero-order valence-electron chi connectivity index (χ0n) is 18.9. The van der Waals surface area contributed by atoms with Gasteiger partial charge < -0.3 is 19.2 Å². The predicted molar refractivity (Wildman–Crippen MR) is 121 cm³/mol. The minimum atomic E-state index is -0.984. The molecule has 1 N–H and O–H groups in total. The van der Waals surface area contributed by atoms with Gasteiger partial charge >= 0.3 is 11.6 Å². The number of amides is 1. The first-order valence-electron chi connectivity index (χ1n) is 10.2. The van der Waals surface area contributed by atoms with Gasteiger partial charge in [-0.1, -0.05) is 32.9 Å². The number of methoxy groups -OCH3 is 2. The lowest BCUT2D eigenvalue weighted by molar-refractivity contribution is -0.142. The van der Waals surface area contributed by atoms with Crippen LogP contribution in [0.5, 0.6) is 5.75 Å². The Labute approximate surface area is 186 Å². The van der Waals surface area contributed by atoms with Crippen molar-refractivity contribution < 1.29 is 23.5 Å². The van der Waals surface area contributed by atoms with Gasteiger partial charge in [-0.3, -0.25) is 4.79 Å². The molecular formula is C25H27NO6. The molecule has 168 valence electrons. The summed E-state index contributed by atoms with van der Waals surface area (Å²) in [7, 11) is 2.77. The summed E-state index contributed by atoms with van der Waals surface area (Å²) in [6.07, 6.45) is 0.0624. The number of benzene rings is 2.